The first-order valence-corrected chi connectivity index (χ1v) is 12.0. The van der Waals surface area contributed by atoms with Crippen molar-refractivity contribution < 1.29 is 14.3 Å². The molecular formula is C27H32FN3O2. The van der Waals surface area contributed by atoms with Crippen molar-refractivity contribution >= 4 is 16.8 Å². The lowest BCUT2D eigenvalue weighted by Crippen LogP contribution is -2.40. The van der Waals surface area contributed by atoms with Crippen LogP contribution in [0.3, 0.4) is 0 Å². The number of halogens is 1. The third kappa shape index (κ3) is 4.36. The van der Waals surface area contributed by atoms with Crippen molar-refractivity contribution in [3.63, 3.8) is 0 Å². The Morgan fingerprint density at radius 2 is 2.06 bits per heavy atom. The number of likely N-dealkylation sites (tertiary alicyclic amines) is 1. The Morgan fingerprint density at radius 1 is 1.24 bits per heavy atom. The van der Waals surface area contributed by atoms with Crippen LogP contribution in [0.25, 0.3) is 10.9 Å². The second-order valence-electron chi connectivity index (χ2n) is 9.93. The largest absolute Gasteiger partial charge is 0.508 e. The molecule has 3 aromatic rings. The number of fused-ring (bicyclic) bond motifs is 1. The molecular weight excluding hydrogens is 417 g/mol. The predicted octanol–water partition coefficient (Wildman–Crippen LogP) is 4.93. The molecule has 1 aliphatic heterocycles. The van der Waals surface area contributed by atoms with Gasteiger partial charge in [0.05, 0.1) is 0 Å². The SMILES string of the molecule is Cc1ccc(C(=O)N2CCC3(CCC(NCCc4c[nH]c5cccc(F)c45)CC3)C2)cc1O. The molecule has 1 saturated carbocycles. The van der Waals surface area contributed by atoms with Crippen LogP contribution in [0.4, 0.5) is 4.39 Å². The van der Waals surface area contributed by atoms with E-state index >= 15 is 0 Å². The van der Waals surface area contributed by atoms with Crippen molar-refractivity contribution in [3.8, 4) is 5.75 Å². The molecule has 5 rings (SSSR count). The lowest BCUT2D eigenvalue weighted by molar-refractivity contribution is 0.0753. The number of amides is 1. The average molecular weight is 450 g/mol. The van der Waals surface area contributed by atoms with Gasteiger partial charge in [-0.15, -0.1) is 0 Å². The maximum absolute atomic E-state index is 14.2. The van der Waals surface area contributed by atoms with Crippen molar-refractivity contribution in [2.24, 2.45) is 5.41 Å². The summed E-state index contributed by atoms with van der Waals surface area (Å²) in [5, 5.41) is 14.3. The van der Waals surface area contributed by atoms with E-state index in [2.05, 4.69) is 10.3 Å². The van der Waals surface area contributed by atoms with E-state index in [0.29, 0.717) is 17.0 Å². The maximum atomic E-state index is 14.2. The summed E-state index contributed by atoms with van der Waals surface area (Å²) in [6.07, 6.45) is 8.23. The highest BCUT2D eigenvalue weighted by Gasteiger charge is 2.42. The van der Waals surface area contributed by atoms with Crippen molar-refractivity contribution in [1.29, 1.82) is 0 Å². The third-order valence-electron chi connectivity index (χ3n) is 7.79. The molecule has 174 valence electrons. The van der Waals surface area contributed by atoms with E-state index in [4.69, 9.17) is 0 Å². The van der Waals surface area contributed by atoms with E-state index in [0.717, 1.165) is 74.8 Å². The smallest absolute Gasteiger partial charge is 0.254 e. The first-order chi connectivity index (χ1) is 15.9. The summed E-state index contributed by atoms with van der Waals surface area (Å²) in [5.41, 5.74) is 3.45. The summed E-state index contributed by atoms with van der Waals surface area (Å²) in [6, 6.07) is 10.8. The number of phenolic OH excluding ortho intramolecular Hbond substituents is 1. The van der Waals surface area contributed by atoms with E-state index in [-0.39, 0.29) is 22.9 Å². The lowest BCUT2D eigenvalue weighted by atomic mass is 9.72. The molecule has 33 heavy (non-hydrogen) atoms. The molecule has 1 spiro atoms. The third-order valence-corrected chi connectivity index (χ3v) is 7.79. The van der Waals surface area contributed by atoms with Crippen LogP contribution in [0.2, 0.25) is 0 Å². The molecule has 3 N–H and O–H groups in total. The van der Waals surface area contributed by atoms with E-state index in [1.54, 1.807) is 18.2 Å². The van der Waals surface area contributed by atoms with Crippen LogP contribution in [0, 0.1) is 18.2 Å². The summed E-state index contributed by atoms with van der Waals surface area (Å²) in [6.45, 7) is 4.26. The molecule has 0 unspecified atom stereocenters. The number of nitrogens with one attached hydrogen (secondary N) is 2. The minimum atomic E-state index is -0.162. The van der Waals surface area contributed by atoms with Gasteiger partial charge in [-0.2, -0.15) is 0 Å². The number of benzene rings is 2. The molecule has 6 heteroatoms. The predicted molar refractivity (Wildman–Crippen MR) is 128 cm³/mol. The molecule has 1 amide bonds. The van der Waals surface area contributed by atoms with E-state index in [1.807, 2.05) is 30.2 Å². The molecule has 2 fully saturated rings. The zero-order chi connectivity index (χ0) is 23.0. The maximum Gasteiger partial charge on any atom is 0.254 e. The van der Waals surface area contributed by atoms with Crippen LogP contribution < -0.4 is 5.32 Å². The standard InChI is InChI=1S/C27H32FN3O2/c1-18-5-6-19(15-24(18)32)26(33)31-14-12-27(17-31)10-7-21(8-11-27)29-13-9-20-16-30-23-4-2-3-22(28)25(20)23/h2-6,15-16,21,29-30,32H,7-14,17H2,1H3. The topological polar surface area (TPSA) is 68.4 Å². The van der Waals surface area contributed by atoms with Gasteiger partial charge in [0.1, 0.15) is 11.6 Å². The van der Waals surface area contributed by atoms with Crippen LogP contribution in [0.15, 0.2) is 42.6 Å². The summed E-state index contributed by atoms with van der Waals surface area (Å²) in [4.78, 5) is 18.1. The first-order valence-electron chi connectivity index (χ1n) is 12.0. The molecule has 1 aliphatic carbocycles. The van der Waals surface area contributed by atoms with Crippen LogP contribution in [0.5, 0.6) is 5.75 Å². The summed E-state index contributed by atoms with van der Waals surface area (Å²) < 4.78 is 14.2. The van der Waals surface area contributed by atoms with Gasteiger partial charge in [-0.3, -0.25) is 4.79 Å². The number of carbonyl (C=O) groups excluding carboxylic acids is 1. The number of aromatic amines is 1. The highest BCUT2D eigenvalue weighted by Crippen LogP contribution is 2.44. The Hall–Kier alpha value is -2.86. The first kappa shape index (κ1) is 22.0. The Kier molecular flexibility index (Phi) is 5.87. The van der Waals surface area contributed by atoms with E-state index in [9.17, 15) is 14.3 Å². The fourth-order valence-corrected chi connectivity index (χ4v) is 5.69. The van der Waals surface area contributed by atoms with Crippen LogP contribution in [-0.2, 0) is 6.42 Å². The minimum absolute atomic E-state index is 0.0217. The number of phenols is 1. The summed E-state index contributed by atoms with van der Waals surface area (Å²) in [7, 11) is 0. The summed E-state index contributed by atoms with van der Waals surface area (Å²) in [5.74, 6) is 0.0367. The Labute approximate surface area is 194 Å². The van der Waals surface area contributed by atoms with Gasteiger partial charge in [0.25, 0.3) is 5.91 Å². The molecule has 5 nitrogen and oxygen atoms in total. The molecule has 1 saturated heterocycles. The van der Waals surface area contributed by atoms with Gasteiger partial charge in [0.2, 0.25) is 0 Å². The van der Waals surface area contributed by atoms with Crippen molar-refractivity contribution in [2.45, 2.75) is 51.5 Å². The van der Waals surface area contributed by atoms with Gasteiger partial charge in [-0.25, -0.2) is 4.39 Å². The lowest BCUT2D eigenvalue weighted by Gasteiger charge is -2.37. The zero-order valence-corrected chi connectivity index (χ0v) is 19.2. The van der Waals surface area contributed by atoms with Gasteiger partial charge < -0.3 is 20.3 Å². The number of nitrogens with zero attached hydrogens (tertiary/aromatic N) is 1. The fourth-order valence-electron chi connectivity index (χ4n) is 5.69. The van der Waals surface area contributed by atoms with Crippen molar-refractivity contribution in [2.75, 3.05) is 19.6 Å². The normalized spacial score (nSPS) is 23.0. The minimum Gasteiger partial charge on any atom is -0.508 e. The van der Waals surface area contributed by atoms with Gasteiger partial charge >= 0.3 is 0 Å². The molecule has 1 aromatic heterocycles. The van der Waals surface area contributed by atoms with E-state index < -0.39 is 0 Å². The van der Waals surface area contributed by atoms with Gasteiger partial charge in [-0.1, -0.05) is 12.1 Å². The number of hydrogen-bond acceptors (Lipinski definition) is 3. The quantitative estimate of drug-likeness (QED) is 0.517. The van der Waals surface area contributed by atoms with Crippen LogP contribution in [-0.4, -0.2) is 46.6 Å². The van der Waals surface area contributed by atoms with Crippen LogP contribution >= 0.6 is 0 Å². The second-order valence-corrected chi connectivity index (χ2v) is 9.93. The molecule has 0 bridgehead atoms. The van der Waals surface area contributed by atoms with Crippen molar-refractivity contribution in [1.82, 2.24) is 15.2 Å². The number of rotatable bonds is 5. The summed E-state index contributed by atoms with van der Waals surface area (Å²) >= 11 is 0. The van der Waals surface area contributed by atoms with Gasteiger partial charge in [0.15, 0.2) is 0 Å². The molecule has 2 heterocycles. The van der Waals surface area contributed by atoms with Gasteiger partial charge in [0, 0.05) is 41.8 Å². The molecule has 2 aliphatic rings. The highest BCUT2D eigenvalue weighted by molar-refractivity contribution is 5.95. The van der Waals surface area contributed by atoms with Gasteiger partial charge in [-0.05, 0) is 92.8 Å². The fraction of sp³-hybridized carbons (Fsp3) is 0.444. The molecule has 0 atom stereocenters. The Bertz CT molecular complexity index is 1160. The number of aryl methyl sites for hydroxylation is 1. The Balaban J connectivity index is 1.12. The number of hydrogen-bond donors (Lipinski definition) is 3. The number of aromatic hydroxyl groups is 1. The van der Waals surface area contributed by atoms with Crippen LogP contribution in [0.1, 0.15) is 53.6 Å². The number of H-pyrrole nitrogens is 1. The Morgan fingerprint density at radius 3 is 2.85 bits per heavy atom. The number of aromatic nitrogens is 1. The highest BCUT2D eigenvalue weighted by atomic mass is 19.1. The second kappa shape index (κ2) is 8.82. The zero-order valence-electron chi connectivity index (χ0n) is 19.2. The van der Waals surface area contributed by atoms with Crippen molar-refractivity contribution in [3.05, 3.63) is 65.1 Å². The molecule has 0 radical (unpaired) electrons. The average Bonchev–Trinajstić information content (AvgIpc) is 3.42. The van der Waals surface area contributed by atoms with E-state index in [1.165, 1.54) is 6.07 Å². The number of carbonyl (C=O) groups is 1. The monoisotopic (exact) mass is 449 g/mol. The molecule has 2 aromatic carbocycles.